The average Bonchev–Trinajstić information content (AvgIpc) is 3.14. The topological polar surface area (TPSA) is 64.1 Å². The Bertz CT molecular complexity index is 619. The highest BCUT2D eigenvalue weighted by Gasteiger charge is 2.19. The van der Waals surface area contributed by atoms with Crippen molar-refractivity contribution >= 4 is 17.6 Å². The molecule has 2 saturated heterocycles. The summed E-state index contributed by atoms with van der Waals surface area (Å²) in [5.74, 6) is 7.58. The Morgan fingerprint density at radius 1 is 1.38 bits per heavy atom. The lowest BCUT2D eigenvalue weighted by Crippen LogP contribution is -2.26. The molecule has 1 atom stereocenters. The maximum absolute atomic E-state index is 12.0. The van der Waals surface area contributed by atoms with Gasteiger partial charge in [0.25, 0.3) is 0 Å². The van der Waals surface area contributed by atoms with Gasteiger partial charge < -0.3 is 5.73 Å². The fourth-order valence-electron chi connectivity index (χ4n) is 2.75. The van der Waals surface area contributed by atoms with Gasteiger partial charge in [0.2, 0.25) is 0 Å². The molecular formula is C15H20N4OS. The van der Waals surface area contributed by atoms with Gasteiger partial charge in [0.15, 0.2) is 0 Å². The van der Waals surface area contributed by atoms with Gasteiger partial charge in [-0.3, -0.25) is 9.47 Å². The van der Waals surface area contributed by atoms with Crippen LogP contribution in [0.4, 0.5) is 5.82 Å². The lowest BCUT2D eigenvalue weighted by atomic mass is 10.3. The van der Waals surface area contributed by atoms with E-state index in [-0.39, 0.29) is 16.9 Å². The molecule has 1 aromatic heterocycles. The molecule has 0 aromatic carbocycles. The van der Waals surface area contributed by atoms with Crippen molar-refractivity contribution in [2.24, 2.45) is 0 Å². The largest absolute Gasteiger partial charge is 0.382 e. The molecule has 3 heterocycles. The Hall–Kier alpha value is -1.45. The van der Waals surface area contributed by atoms with Crippen LogP contribution in [-0.2, 0) is 0 Å². The third-order valence-corrected chi connectivity index (χ3v) is 5.29. The van der Waals surface area contributed by atoms with Gasteiger partial charge in [-0.15, -0.1) is 11.8 Å². The van der Waals surface area contributed by atoms with Crippen molar-refractivity contribution < 1.29 is 0 Å². The van der Waals surface area contributed by atoms with E-state index in [1.165, 1.54) is 12.8 Å². The van der Waals surface area contributed by atoms with Crippen LogP contribution in [0.1, 0.15) is 36.6 Å². The molecule has 2 aliphatic heterocycles. The Labute approximate surface area is 128 Å². The van der Waals surface area contributed by atoms with Crippen molar-refractivity contribution in [2.45, 2.75) is 31.1 Å². The van der Waals surface area contributed by atoms with Crippen molar-refractivity contribution in [3.8, 4) is 11.8 Å². The van der Waals surface area contributed by atoms with Crippen LogP contribution < -0.4 is 11.4 Å². The average molecular weight is 304 g/mol. The molecule has 2 fully saturated rings. The van der Waals surface area contributed by atoms with Crippen molar-refractivity contribution in [1.29, 1.82) is 0 Å². The third-order valence-electron chi connectivity index (χ3n) is 3.92. The molecule has 1 unspecified atom stereocenters. The maximum atomic E-state index is 12.0. The van der Waals surface area contributed by atoms with Gasteiger partial charge in [-0.1, -0.05) is 11.8 Å². The Morgan fingerprint density at radius 2 is 2.19 bits per heavy atom. The fourth-order valence-corrected chi connectivity index (χ4v) is 4.00. The van der Waals surface area contributed by atoms with Gasteiger partial charge in [-0.2, -0.15) is 4.98 Å². The van der Waals surface area contributed by atoms with Crippen LogP contribution in [0.3, 0.4) is 0 Å². The number of anilines is 1. The predicted octanol–water partition coefficient (Wildman–Crippen LogP) is 1.30. The number of nitrogen functional groups attached to an aromatic ring is 1. The summed E-state index contributed by atoms with van der Waals surface area (Å²) in [7, 11) is 0. The van der Waals surface area contributed by atoms with E-state index < -0.39 is 0 Å². The number of nitrogens with zero attached hydrogens (tertiary/aromatic N) is 3. The molecule has 0 radical (unpaired) electrons. The normalized spacial score (nSPS) is 22.2. The number of aromatic nitrogens is 2. The summed E-state index contributed by atoms with van der Waals surface area (Å²) in [6, 6.07) is 0. The summed E-state index contributed by atoms with van der Waals surface area (Å²) in [4.78, 5) is 18.2. The van der Waals surface area contributed by atoms with Gasteiger partial charge in [-0.25, -0.2) is 4.79 Å². The zero-order chi connectivity index (χ0) is 14.7. The van der Waals surface area contributed by atoms with Crippen LogP contribution in [0, 0.1) is 11.8 Å². The van der Waals surface area contributed by atoms with Crippen molar-refractivity contribution in [1.82, 2.24) is 14.5 Å². The van der Waals surface area contributed by atoms with E-state index in [1.807, 2.05) is 0 Å². The van der Waals surface area contributed by atoms with Crippen molar-refractivity contribution in [2.75, 3.05) is 31.1 Å². The van der Waals surface area contributed by atoms with Gasteiger partial charge in [-0.05, 0) is 44.5 Å². The smallest absolute Gasteiger partial charge is 0.350 e. The van der Waals surface area contributed by atoms with Crippen LogP contribution in [0.5, 0.6) is 0 Å². The van der Waals surface area contributed by atoms with Gasteiger partial charge in [0.1, 0.15) is 5.82 Å². The first kappa shape index (κ1) is 14.5. The first-order chi connectivity index (χ1) is 10.2. The highest BCUT2D eigenvalue weighted by molar-refractivity contribution is 7.99. The number of nitrogens with two attached hydrogens (primary N) is 1. The number of thioether (sulfide) groups is 1. The van der Waals surface area contributed by atoms with Crippen LogP contribution in [-0.4, -0.2) is 39.8 Å². The first-order valence-electron chi connectivity index (χ1n) is 7.45. The van der Waals surface area contributed by atoms with Crippen LogP contribution >= 0.6 is 11.8 Å². The van der Waals surface area contributed by atoms with Crippen molar-refractivity contribution in [3.05, 3.63) is 22.2 Å². The molecule has 6 heteroatoms. The summed E-state index contributed by atoms with van der Waals surface area (Å²) in [5, 5.41) is 0.185. The molecule has 0 saturated carbocycles. The highest BCUT2D eigenvalue weighted by atomic mass is 32.2. The van der Waals surface area contributed by atoms with Gasteiger partial charge in [0.05, 0.1) is 17.5 Å². The van der Waals surface area contributed by atoms with Crippen molar-refractivity contribution in [3.63, 3.8) is 0 Å². The molecular weight excluding hydrogens is 284 g/mol. The van der Waals surface area contributed by atoms with Crippen LogP contribution in [0.2, 0.25) is 0 Å². The monoisotopic (exact) mass is 304 g/mol. The summed E-state index contributed by atoms with van der Waals surface area (Å²) in [5.41, 5.74) is 6.24. The Balaban J connectivity index is 1.79. The minimum atomic E-state index is -0.267. The molecule has 1 aromatic rings. The lowest BCUT2D eigenvalue weighted by Gasteiger charge is -2.13. The van der Waals surface area contributed by atoms with E-state index in [2.05, 4.69) is 21.7 Å². The van der Waals surface area contributed by atoms with E-state index in [0.29, 0.717) is 5.56 Å². The second-order valence-corrected chi connectivity index (χ2v) is 6.77. The second kappa shape index (κ2) is 6.54. The molecule has 0 bridgehead atoms. The maximum Gasteiger partial charge on any atom is 0.350 e. The third kappa shape index (κ3) is 3.42. The predicted molar refractivity (Wildman–Crippen MR) is 86.2 cm³/mol. The standard InChI is InChI=1S/C15H20N4OS/c16-14-12(5-3-9-18-7-1-2-8-18)11-19(15(20)17-14)13-6-4-10-21-13/h11,13H,1-2,4,6-10H2,(H2,16,17,20). The molecule has 112 valence electrons. The summed E-state index contributed by atoms with van der Waals surface area (Å²) in [6.07, 6.45) is 6.45. The minimum Gasteiger partial charge on any atom is -0.382 e. The molecule has 2 N–H and O–H groups in total. The van der Waals surface area contributed by atoms with Crippen LogP contribution in [0.15, 0.2) is 11.0 Å². The van der Waals surface area contributed by atoms with E-state index in [4.69, 9.17) is 5.73 Å². The molecule has 0 spiro atoms. The SMILES string of the molecule is Nc1nc(=O)n(C2CCCS2)cc1C#CCN1CCCC1. The van der Waals surface area contributed by atoms with E-state index in [0.717, 1.165) is 38.2 Å². The number of hydrogen-bond acceptors (Lipinski definition) is 5. The highest BCUT2D eigenvalue weighted by Crippen LogP contribution is 2.34. The zero-order valence-corrected chi connectivity index (χ0v) is 12.9. The first-order valence-corrected chi connectivity index (χ1v) is 8.50. The van der Waals surface area contributed by atoms with E-state index in [9.17, 15) is 4.79 Å². The molecule has 3 rings (SSSR count). The Kier molecular flexibility index (Phi) is 4.51. The summed E-state index contributed by atoms with van der Waals surface area (Å²) in [6.45, 7) is 3.01. The molecule has 0 aliphatic carbocycles. The summed E-state index contributed by atoms with van der Waals surface area (Å²) >= 11 is 1.79. The van der Waals surface area contributed by atoms with Gasteiger partial charge >= 0.3 is 5.69 Å². The Morgan fingerprint density at radius 3 is 2.90 bits per heavy atom. The fraction of sp³-hybridized carbons (Fsp3) is 0.600. The number of hydrogen-bond donors (Lipinski definition) is 1. The minimum absolute atomic E-state index is 0.185. The molecule has 2 aliphatic rings. The summed E-state index contributed by atoms with van der Waals surface area (Å²) < 4.78 is 1.69. The quantitative estimate of drug-likeness (QED) is 0.834. The zero-order valence-electron chi connectivity index (χ0n) is 12.0. The van der Waals surface area contributed by atoms with E-state index in [1.54, 1.807) is 22.5 Å². The number of rotatable bonds is 2. The van der Waals surface area contributed by atoms with Crippen LogP contribution in [0.25, 0.3) is 0 Å². The molecule has 21 heavy (non-hydrogen) atoms. The van der Waals surface area contributed by atoms with E-state index >= 15 is 0 Å². The lowest BCUT2D eigenvalue weighted by molar-refractivity contribution is 0.383. The second-order valence-electron chi connectivity index (χ2n) is 5.48. The molecule has 0 amide bonds. The van der Waals surface area contributed by atoms with Gasteiger partial charge in [0, 0.05) is 6.20 Å². The number of likely N-dealkylation sites (tertiary alicyclic amines) is 1. The molecule has 5 nitrogen and oxygen atoms in total.